The molecule has 27 heavy (non-hydrogen) atoms. The molecule has 0 aromatic heterocycles. The first-order valence-electron chi connectivity index (χ1n) is 10.4. The van der Waals surface area contributed by atoms with Crippen molar-refractivity contribution in [3.63, 3.8) is 0 Å². The van der Waals surface area contributed by atoms with E-state index in [1.165, 1.54) is 47.9 Å². The molecule has 0 heterocycles. The van der Waals surface area contributed by atoms with Crippen LogP contribution in [0.15, 0.2) is 36.4 Å². The predicted octanol–water partition coefficient (Wildman–Crippen LogP) is 7.42. The molecule has 0 aliphatic heterocycles. The quantitative estimate of drug-likeness (QED) is 0.333. The Kier molecular flexibility index (Phi) is 8.53. The monoisotopic (exact) mass is 476 g/mol. The van der Waals surface area contributed by atoms with Crippen LogP contribution in [-0.4, -0.2) is 19.2 Å². The maximum atomic E-state index is 6.90. The van der Waals surface area contributed by atoms with Crippen LogP contribution in [0, 0.1) is 27.7 Å². The molecule has 148 valence electrons. The first kappa shape index (κ1) is 22.1. The first-order valence-corrected chi connectivity index (χ1v) is 16.8. The van der Waals surface area contributed by atoms with Gasteiger partial charge in [-0.1, -0.05) is 0 Å². The zero-order chi connectivity index (χ0) is 19.9. The first-order chi connectivity index (χ1) is 12.9. The Labute approximate surface area is 171 Å². The third-order valence-corrected chi connectivity index (χ3v) is 15.3. The van der Waals surface area contributed by atoms with Crippen LogP contribution in [0.5, 0.6) is 11.5 Å². The van der Waals surface area contributed by atoms with E-state index in [-0.39, 0.29) is 0 Å². The molecule has 0 spiro atoms. The molecular weight excluding hydrogens is 439 g/mol. The van der Waals surface area contributed by atoms with Crippen LogP contribution in [0.3, 0.4) is 0 Å². The number of benzene rings is 2. The van der Waals surface area contributed by atoms with Crippen LogP contribution >= 0.6 is 0 Å². The maximum absolute atomic E-state index is 6.90. The fraction of sp³-hybridized carbons (Fsp3) is 0.500. The molecule has 2 aromatic carbocycles. The summed E-state index contributed by atoms with van der Waals surface area (Å²) < 4.78 is 16.0. The molecule has 0 bridgehead atoms. The molecule has 0 amide bonds. The Bertz CT molecular complexity index is 676. The Morgan fingerprint density at radius 1 is 0.667 bits per heavy atom. The Morgan fingerprint density at radius 2 is 1.07 bits per heavy atom. The minimum absolute atomic E-state index is 1.03. The van der Waals surface area contributed by atoms with Crippen molar-refractivity contribution >= 4 is 19.2 Å². The van der Waals surface area contributed by atoms with Gasteiger partial charge in [-0.05, 0) is 0 Å². The number of rotatable bonds is 10. The third-order valence-electron chi connectivity index (χ3n) is 5.52. The summed E-state index contributed by atoms with van der Waals surface area (Å²) in [6.45, 7) is 13.2. The van der Waals surface area contributed by atoms with Gasteiger partial charge in [-0.3, -0.25) is 0 Å². The van der Waals surface area contributed by atoms with Crippen LogP contribution in [0.2, 0.25) is 8.87 Å². The molecule has 2 aromatic rings. The molecule has 0 saturated carbocycles. The molecular formula is C24H36O2Sn. The normalized spacial score (nSPS) is 11.5. The molecule has 0 aliphatic carbocycles. The van der Waals surface area contributed by atoms with E-state index in [1.807, 2.05) is 0 Å². The molecule has 0 N–H and O–H groups in total. The number of aryl methyl sites for hydroxylation is 2. The van der Waals surface area contributed by atoms with Crippen molar-refractivity contribution < 1.29 is 6.15 Å². The van der Waals surface area contributed by atoms with Gasteiger partial charge in [-0.2, -0.15) is 0 Å². The van der Waals surface area contributed by atoms with Gasteiger partial charge in [0.05, 0.1) is 0 Å². The fourth-order valence-corrected chi connectivity index (χ4v) is 14.0. The van der Waals surface area contributed by atoms with Crippen LogP contribution in [0.4, 0.5) is 0 Å². The molecule has 2 nitrogen and oxygen atoms in total. The van der Waals surface area contributed by atoms with Crippen molar-refractivity contribution in [2.24, 2.45) is 0 Å². The Morgan fingerprint density at radius 3 is 1.44 bits per heavy atom. The summed E-state index contributed by atoms with van der Waals surface area (Å²) in [6.07, 6.45) is 4.71. The number of hydrogen-bond acceptors (Lipinski definition) is 2. The van der Waals surface area contributed by atoms with Gasteiger partial charge in [0.15, 0.2) is 0 Å². The summed E-state index contributed by atoms with van der Waals surface area (Å²) in [5.41, 5.74) is 5.06. The fourth-order valence-electron chi connectivity index (χ4n) is 3.31. The molecule has 0 radical (unpaired) electrons. The van der Waals surface area contributed by atoms with Gasteiger partial charge in [0.1, 0.15) is 0 Å². The van der Waals surface area contributed by atoms with Crippen molar-refractivity contribution in [3.8, 4) is 11.5 Å². The predicted molar refractivity (Wildman–Crippen MR) is 118 cm³/mol. The number of hydrogen-bond donors (Lipinski definition) is 0. The van der Waals surface area contributed by atoms with E-state index in [4.69, 9.17) is 6.15 Å². The van der Waals surface area contributed by atoms with Gasteiger partial charge < -0.3 is 0 Å². The van der Waals surface area contributed by atoms with E-state index >= 15 is 0 Å². The summed E-state index contributed by atoms with van der Waals surface area (Å²) >= 11 is -3.35. The Hall–Kier alpha value is -1.16. The summed E-state index contributed by atoms with van der Waals surface area (Å²) in [5, 5.41) is 0. The van der Waals surface area contributed by atoms with E-state index in [9.17, 15) is 0 Å². The molecule has 3 heteroatoms. The van der Waals surface area contributed by atoms with Gasteiger partial charge in [-0.25, -0.2) is 0 Å². The van der Waals surface area contributed by atoms with Crippen molar-refractivity contribution in [3.05, 3.63) is 58.7 Å². The third kappa shape index (κ3) is 5.91. The minimum atomic E-state index is -3.35. The van der Waals surface area contributed by atoms with E-state index in [2.05, 4.69) is 77.9 Å². The molecule has 0 unspecified atom stereocenters. The van der Waals surface area contributed by atoms with Gasteiger partial charge in [0, 0.05) is 0 Å². The van der Waals surface area contributed by atoms with Gasteiger partial charge in [0.25, 0.3) is 0 Å². The molecule has 0 atom stereocenters. The van der Waals surface area contributed by atoms with E-state index in [1.54, 1.807) is 0 Å². The second-order valence-corrected chi connectivity index (χ2v) is 16.9. The molecule has 2 rings (SSSR count). The topological polar surface area (TPSA) is 18.5 Å². The average Bonchev–Trinajstić information content (AvgIpc) is 2.66. The van der Waals surface area contributed by atoms with E-state index in [0.29, 0.717) is 0 Å². The van der Waals surface area contributed by atoms with Crippen molar-refractivity contribution in [1.82, 2.24) is 0 Å². The second kappa shape index (κ2) is 10.4. The van der Waals surface area contributed by atoms with Gasteiger partial charge >= 0.3 is 172 Å². The summed E-state index contributed by atoms with van der Waals surface area (Å²) in [7, 11) is 0. The van der Waals surface area contributed by atoms with Gasteiger partial charge in [0.2, 0.25) is 0 Å². The number of unbranched alkanes of at least 4 members (excludes halogenated alkanes) is 2. The summed E-state index contributed by atoms with van der Waals surface area (Å²) in [5.74, 6) is 2.06. The van der Waals surface area contributed by atoms with Crippen molar-refractivity contribution in [2.75, 3.05) is 0 Å². The summed E-state index contributed by atoms with van der Waals surface area (Å²) in [4.78, 5) is 0. The van der Waals surface area contributed by atoms with E-state index in [0.717, 1.165) is 20.4 Å². The molecule has 0 aliphatic rings. The van der Waals surface area contributed by atoms with Crippen LogP contribution in [-0.2, 0) is 0 Å². The standard InChI is InChI=1S/2C8H10O.2C4H9.Sn/c2*1-6-4-3-5-8(9)7(6)2;2*1-3-4-2;/h2*3-5,9H,1-2H3;2*1,3-4H2,2H3;/q;;;;+2/p-2. The SMILES string of the molecule is CCC[CH2][Sn]([CH2]CCC)([O]c1cccc(C)c1C)[O]c1cccc(C)c1C. The average molecular weight is 475 g/mol. The van der Waals surface area contributed by atoms with Crippen LogP contribution in [0.25, 0.3) is 0 Å². The zero-order valence-corrected chi connectivity index (χ0v) is 20.9. The van der Waals surface area contributed by atoms with Crippen molar-refractivity contribution in [1.29, 1.82) is 0 Å². The van der Waals surface area contributed by atoms with Crippen LogP contribution < -0.4 is 6.15 Å². The zero-order valence-electron chi connectivity index (χ0n) is 18.0. The molecule has 0 saturated heterocycles. The van der Waals surface area contributed by atoms with E-state index < -0.39 is 19.2 Å². The Balaban J connectivity index is 2.43. The van der Waals surface area contributed by atoms with Crippen molar-refractivity contribution in [2.45, 2.75) is 76.1 Å². The summed E-state index contributed by atoms with van der Waals surface area (Å²) in [6, 6.07) is 12.8. The molecule has 0 fully saturated rings. The second-order valence-electron chi connectivity index (χ2n) is 7.72. The van der Waals surface area contributed by atoms with Gasteiger partial charge in [-0.15, -0.1) is 0 Å². The van der Waals surface area contributed by atoms with Crippen LogP contribution in [0.1, 0.15) is 61.8 Å².